The molecule has 3 aromatic rings. The summed E-state index contributed by atoms with van der Waals surface area (Å²) >= 11 is 0. The highest BCUT2D eigenvalue weighted by atomic mass is 16.6. The predicted octanol–water partition coefficient (Wildman–Crippen LogP) is 5.18. The Morgan fingerprint density at radius 2 is 1.61 bits per heavy atom. The molecule has 3 aromatic carbocycles. The van der Waals surface area contributed by atoms with Crippen LogP contribution in [0.2, 0.25) is 0 Å². The van der Waals surface area contributed by atoms with Gasteiger partial charge in [-0.2, -0.15) is 0 Å². The van der Waals surface area contributed by atoms with Gasteiger partial charge in [0.25, 0.3) is 11.6 Å². The summed E-state index contributed by atoms with van der Waals surface area (Å²) in [5, 5.41) is 20.3. The summed E-state index contributed by atoms with van der Waals surface area (Å²) in [6.07, 6.45) is 2.21. The minimum absolute atomic E-state index is 0.0695. The number of fused-ring (bicyclic) bond motifs is 2. The van der Waals surface area contributed by atoms with Crippen LogP contribution in [0, 0.1) is 10.1 Å². The predicted molar refractivity (Wildman–Crippen MR) is 125 cm³/mol. The number of carboxylic acids is 1. The van der Waals surface area contributed by atoms with Crippen molar-refractivity contribution < 1.29 is 19.6 Å². The fraction of sp³-hybridized carbons (Fsp3) is 0.231. The van der Waals surface area contributed by atoms with Crippen molar-refractivity contribution in [3.05, 3.63) is 105 Å². The van der Waals surface area contributed by atoms with Crippen molar-refractivity contribution in [2.75, 3.05) is 11.4 Å². The van der Waals surface area contributed by atoms with Crippen LogP contribution in [-0.4, -0.2) is 28.5 Å². The minimum atomic E-state index is -0.909. The number of unbranched alkanes of at least 4 members (excludes halogenated alkanes) is 1. The van der Waals surface area contributed by atoms with E-state index in [0.717, 1.165) is 41.6 Å². The van der Waals surface area contributed by atoms with E-state index in [4.69, 9.17) is 0 Å². The largest absolute Gasteiger partial charge is 0.481 e. The standard InChI is InChI=1S/C26H24N2O5/c29-25(30)17-23-20-8-1-2-10-22(20)26(31)27(24-11-4-3-9-21(23)24)16-6-5-7-18-12-14-19(15-13-18)28(32)33/h1-4,8-15,23H,5-7,16-17H2,(H,29,30). The van der Waals surface area contributed by atoms with Gasteiger partial charge in [0.1, 0.15) is 0 Å². The number of nitrogens with zero attached hydrogens (tertiary/aromatic N) is 2. The van der Waals surface area contributed by atoms with Crippen molar-refractivity contribution in [2.24, 2.45) is 0 Å². The molecule has 0 spiro atoms. The van der Waals surface area contributed by atoms with Gasteiger partial charge in [0, 0.05) is 35.8 Å². The molecule has 1 aliphatic heterocycles. The van der Waals surface area contributed by atoms with E-state index in [9.17, 15) is 24.8 Å². The number of carbonyl (C=O) groups excluding carboxylic acids is 1. The Balaban J connectivity index is 1.55. The van der Waals surface area contributed by atoms with Crippen molar-refractivity contribution in [2.45, 2.75) is 31.6 Å². The first kappa shape index (κ1) is 22.2. The molecule has 0 saturated carbocycles. The number of nitro groups is 1. The number of hydrogen-bond acceptors (Lipinski definition) is 4. The van der Waals surface area contributed by atoms with Crippen LogP contribution in [-0.2, 0) is 11.2 Å². The molecule has 0 bridgehead atoms. The van der Waals surface area contributed by atoms with Gasteiger partial charge in [-0.3, -0.25) is 19.7 Å². The summed E-state index contributed by atoms with van der Waals surface area (Å²) in [5.41, 5.74) is 3.95. The zero-order valence-corrected chi connectivity index (χ0v) is 18.0. The number of aliphatic carboxylic acids is 1. The Kier molecular flexibility index (Phi) is 6.49. The lowest BCUT2D eigenvalue weighted by molar-refractivity contribution is -0.384. The quantitative estimate of drug-likeness (QED) is 0.293. The van der Waals surface area contributed by atoms with E-state index in [1.165, 1.54) is 12.1 Å². The molecule has 0 fully saturated rings. The third-order valence-corrected chi connectivity index (χ3v) is 6.04. The normalized spacial score (nSPS) is 14.8. The molecule has 0 aliphatic carbocycles. The lowest BCUT2D eigenvalue weighted by atomic mass is 9.86. The number of aryl methyl sites for hydroxylation is 1. The molecule has 7 nitrogen and oxygen atoms in total. The average Bonchev–Trinajstić information content (AvgIpc) is 2.91. The fourth-order valence-corrected chi connectivity index (χ4v) is 4.45. The second kappa shape index (κ2) is 9.65. The molecule has 1 heterocycles. The maximum absolute atomic E-state index is 13.5. The van der Waals surface area contributed by atoms with Crippen molar-refractivity contribution in [1.29, 1.82) is 0 Å². The lowest BCUT2D eigenvalue weighted by Gasteiger charge is -2.24. The zero-order chi connectivity index (χ0) is 23.4. The lowest BCUT2D eigenvalue weighted by Crippen LogP contribution is -2.32. The molecule has 1 unspecified atom stereocenters. The molecule has 1 N–H and O–H groups in total. The molecular weight excluding hydrogens is 420 g/mol. The summed E-state index contributed by atoms with van der Waals surface area (Å²) in [6.45, 7) is 0.497. The van der Waals surface area contributed by atoms with E-state index in [-0.39, 0.29) is 18.0 Å². The highest BCUT2D eigenvalue weighted by Crippen LogP contribution is 2.40. The molecule has 0 saturated heterocycles. The maximum Gasteiger partial charge on any atom is 0.304 e. The molecular formula is C26H24N2O5. The molecule has 4 rings (SSSR count). The van der Waals surface area contributed by atoms with Crippen LogP contribution in [0.4, 0.5) is 11.4 Å². The Bertz CT molecular complexity index is 1190. The van der Waals surface area contributed by atoms with Gasteiger partial charge < -0.3 is 10.0 Å². The van der Waals surface area contributed by atoms with Crippen molar-refractivity contribution in [3.8, 4) is 0 Å². The Morgan fingerprint density at radius 3 is 2.30 bits per heavy atom. The Labute approximate surface area is 191 Å². The van der Waals surface area contributed by atoms with Gasteiger partial charge in [-0.25, -0.2) is 0 Å². The highest BCUT2D eigenvalue weighted by molar-refractivity contribution is 6.09. The SMILES string of the molecule is O=C(O)CC1c2ccccc2C(=O)N(CCCCc2ccc([N+](=O)[O-])cc2)c2ccccc21. The van der Waals surface area contributed by atoms with E-state index in [1.807, 2.05) is 36.4 Å². The number of carboxylic acid groups (broad SMARTS) is 1. The number of anilines is 1. The number of non-ortho nitro benzene ring substituents is 1. The van der Waals surface area contributed by atoms with Crippen LogP contribution in [0.25, 0.3) is 0 Å². The number of hydrogen-bond donors (Lipinski definition) is 1. The number of carbonyl (C=O) groups is 2. The van der Waals surface area contributed by atoms with Gasteiger partial charge in [-0.1, -0.05) is 48.5 Å². The molecule has 0 aromatic heterocycles. The van der Waals surface area contributed by atoms with Crippen molar-refractivity contribution in [1.82, 2.24) is 0 Å². The number of para-hydroxylation sites is 1. The number of nitro benzene ring substituents is 1. The number of benzene rings is 3. The second-order valence-corrected chi connectivity index (χ2v) is 8.13. The van der Waals surface area contributed by atoms with Crippen molar-refractivity contribution >= 4 is 23.3 Å². The molecule has 168 valence electrons. The van der Waals surface area contributed by atoms with E-state index in [1.54, 1.807) is 29.2 Å². The van der Waals surface area contributed by atoms with Crippen LogP contribution in [0.15, 0.2) is 72.8 Å². The first-order valence-corrected chi connectivity index (χ1v) is 10.9. The van der Waals surface area contributed by atoms with Gasteiger partial charge in [0.05, 0.1) is 11.3 Å². The summed E-state index contributed by atoms with van der Waals surface area (Å²) in [6, 6.07) is 21.3. The molecule has 1 aliphatic rings. The number of amides is 1. The Morgan fingerprint density at radius 1 is 0.939 bits per heavy atom. The topological polar surface area (TPSA) is 101 Å². The maximum atomic E-state index is 13.5. The molecule has 1 atom stereocenters. The van der Waals surface area contributed by atoms with E-state index >= 15 is 0 Å². The summed E-state index contributed by atoms with van der Waals surface area (Å²) in [7, 11) is 0. The van der Waals surface area contributed by atoms with E-state index in [2.05, 4.69) is 0 Å². The van der Waals surface area contributed by atoms with Gasteiger partial charge in [-0.15, -0.1) is 0 Å². The van der Waals surface area contributed by atoms with E-state index < -0.39 is 16.8 Å². The summed E-state index contributed by atoms with van der Waals surface area (Å²) in [4.78, 5) is 37.3. The first-order chi connectivity index (χ1) is 16.0. The second-order valence-electron chi connectivity index (χ2n) is 8.13. The smallest absolute Gasteiger partial charge is 0.304 e. The zero-order valence-electron chi connectivity index (χ0n) is 18.0. The summed E-state index contributed by atoms with van der Waals surface area (Å²) < 4.78 is 0. The van der Waals surface area contributed by atoms with Crippen LogP contribution < -0.4 is 4.90 Å². The van der Waals surface area contributed by atoms with Crippen LogP contribution in [0.3, 0.4) is 0 Å². The fourth-order valence-electron chi connectivity index (χ4n) is 4.45. The number of rotatable bonds is 8. The monoisotopic (exact) mass is 444 g/mol. The third kappa shape index (κ3) is 4.77. The summed E-state index contributed by atoms with van der Waals surface area (Å²) in [5.74, 6) is -1.43. The molecule has 1 amide bonds. The van der Waals surface area contributed by atoms with E-state index in [0.29, 0.717) is 12.1 Å². The van der Waals surface area contributed by atoms with Gasteiger partial charge in [0.15, 0.2) is 0 Å². The average molecular weight is 444 g/mol. The molecule has 0 radical (unpaired) electrons. The van der Waals surface area contributed by atoms with Gasteiger partial charge >= 0.3 is 5.97 Å². The third-order valence-electron chi connectivity index (χ3n) is 6.04. The van der Waals surface area contributed by atoms with Crippen molar-refractivity contribution in [3.63, 3.8) is 0 Å². The van der Waals surface area contributed by atoms with Crippen LogP contribution in [0.5, 0.6) is 0 Å². The molecule has 7 heteroatoms. The van der Waals surface area contributed by atoms with Gasteiger partial charge in [-0.05, 0) is 48.1 Å². The first-order valence-electron chi connectivity index (χ1n) is 10.9. The minimum Gasteiger partial charge on any atom is -0.481 e. The highest BCUT2D eigenvalue weighted by Gasteiger charge is 2.32. The van der Waals surface area contributed by atoms with Crippen LogP contribution >= 0.6 is 0 Å². The van der Waals surface area contributed by atoms with Crippen LogP contribution in [0.1, 0.15) is 52.2 Å². The molecule has 33 heavy (non-hydrogen) atoms. The Hall–Kier alpha value is -4.00. The van der Waals surface area contributed by atoms with Gasteiger partial charge in [0.2, 0.25) is 0 Å².